The van der Waals surface area contributed by atoms with Crippen LogP contribution in [-0.4, -0.2) is 51.1 Å². The zero-order valence-corrected chi connectivity index (χ0v) is 21.3. The van der Waals surface area contributed by atoms with Crippen molar-refractivity contribution in [3.05, 3.63) is 59.2 Å². The second-order valence-electron chi connectivity index (χ2n) is 7.48. The summed E-state index contributed by atoms with van der Waals surface area (Å²) in [7, 11) is 5.04. The molecule has 1 fully saturated rings. The molecular formula is C24H33IN4O3. The minimum absolute atomic E-state index is 0. The number of halogens is 1. The van der Waals surface area contributed by atoms with Crippen LogP contribution in [0, 0.1) is 0 Å². The zero-order chi connectivity index (χ0) is 22.1. The fourth-order valence-electron chi connectivity index (χ4n) is 3.72. The van der Waals surface area contributed by atoms with Gasteiger partial charge in [0, 0.05) is 39.6 Å². The van der Waals surface area contributed by atoms with E-state index in [2.05, 4.69) is 27.8 Å². The number of carbonyl (C=O) groups is 1. The first-order valence-electron chi connectivity index (χ1n) is 10.6. The van der Waals surface area contributed by atoms with Crippen LogP contribution in [0.15, 0.2) is 47.5 Å². The van der Waals surface area contributed by atoms with E-state index in [1.165, 1.54) is 11.1 Å². The highest BCUT2D eigenvalue weighted by Gasteiger charge is 2.20. The highest BCUT2D eigenvalue weighted by molar-refractivity contribution is 14.0. The molecule has 32 heavy (non-hydrogen) atoms. The first-order chi connectivity index (χ1) is 15.1. The topological polar surface area (TPSA) is 75.2 Å². The Balaban J connectivity index is 0.00000363. The molecule has 2 aromatic carbocycles. The van der Waals surface area contributed by atoms with Crippen LogP contribution in [0.4, 0.5) is 0 Å². The summed E-state index contributed by atoms with van der Waals surface area (Å²) in [6.07, 6.45) is 2.45. The fraction of sp³-hybridized carbons (Fsp3) is 0.417. The molecule has 1 heterocycles. The zero-order valence-electron chi connectivity index (χ0n) is 19.0. The minimum Gasteiger partial charge on any atom is -0.493 e. The molecule has 0 unspecified atom stereocenters. The van der Waals surface area contributed by atoms with Gasteiger partial charge in [0.1, 0.15) is 0 Å². The Labute approximate surface area is 207 Å². The van der Waals surface area contributed by atoms with Gasteiger partial charge in [-0.2, -0.15) is 0 Å². The third-order valence-corrected chi connectivity index (χ3v) is 5.47. The Bertz CT molecular complexity index is 920. The molecule has 0 atom stereocenters. The first kappa shape index (κ1) is 25.8. The maximum atomic E-state index is 12.0. The molecule has 1 aliphatic heterocycles. The summed E-state index contributed by atoms with van der Waals surface area (Å²) in [4.78, 5) is 18.2. The number of amides is 1. The number of hydrogen-bond donors (Lipinski definition) is 2. The predicted octanol–water partition coefficient (Wildman–Crippen LogP) is 3.35. The monoisotopic (exact) mass is 552 g/mol. The third kappa shape index (κ3) is 7.01. The van der Waals surface area contributed by atoms with E-state index < -0.39 is 0 Å². The van der Waals surface area contributed by atoms with Crippen molar-refractivity contribution in [3.63, 3.8) is 0 Å². The summed E-state index contributed by atoms with van der Waals surface area (Å²) in [6.45, 7) is 2.90. The Morgan fingerprint density at radius 3 is 2.47 bits per heavy atom. The SMILES string of the molecule is CN=C(NCCc1ccc(OC)c(OC)c1)NCc1ccccc1CN1CCCC1=O.I. The average molecular weight is 552 g/mol. The normalized spacial score (nSPS) is 13.5. The molecule has 0 spiro atoms. The molecule has 2 aromatic rings. The molecule has 1 amide bonds. The molecule has 0 radical (unpaired) electrons. The highest BCUT2D eigenvalue weighted by Crippen LogP contribution is 2.27. The van der Waals surface area contributed by atoms with Crippen LogP contribution in [0.1, 0.15) is 29.5 Å². The molecule has 7 nitrogen and oxygen atoms in total. The van der Waals surface area contributed by atoms with Gasteiger partial charge < -0.3 is 25.0 Å². The van der Waals surface area contributed by atoms with Crippen LogP contribution in [0.3, 0.4) is 0 Å². The Morgan fingerprint density at radius 1 is 1.06 bits per heavy atom. The van der Waals surface area contributed by atoms with Crippen molar-refractivity contribution in [1.29, 1.82) is 0 Å². The number of benzene rings is 2. The van der Waals surface area contributed by atoms with E-state index in [0.29, 0.717) is 19.5 Å². The van der Waals surface area contributed by atoms with Crippen molar-refractivity contribution < 1.29 is 14.3 Å². The largest absolute Gasteiger partial charge is 0.493 e. The number of hydrogen-bond acceptors (Lipinski definition) is 4. The van der Waals surface area contributed by atoms with Gasteiger partial charge in [-0.1, -0.05) is 30.3 Å². The second kappa shape index (κ2) is 13.1. The number of nitrogens with one attached hydrogen (secondary N) is 2. The van der Waals surface area contributed by atoms with E-state index in [4.69, 9.17) is 9.47 Å². The molecule has 1 saturated heterocycles. The van der Waals surface area contributed by atoms with E-state index >= 15 is 0 Å². The first-order valence-corrected chi connectivity index (χ1v) is 10.6. The molecule has 0 bridgehead atoms. The van der Waals surface area contributed by atoms with E-state index in [-0.39, 0.29) is 29.9 Å². The summed E-state index contributed by atoms with van der Waals surface area (Å²) >= 11 is 0. The molecule has 1 aliphatic rings. The van der Waals surface area contributed by atoms with E-state index in [1.807, 2.05) is 35.2 Å². The molecule has 8 heteroatoms. The van der Waals surface area contributed by atoms with Crippen LogP contribution in [-0.2, 0) is 24.3 Å². The van der Waals surface area contributed by atoms with Crippen molar-refractivity contribution in [2.24, 2.45) is 4.99 Å². The smallest absolute Gasteiger partial charge is 0.222 e. The number of aliphatic imine (C=N–C) groups is 1. The Morgan fingerprint density at radius 2 is 1.81 bits per heavy atom. The number of rotatable bonds is 9. The number of likely N-dealkylation sites (tertiary alicyclic amines) is 1. The lowest BCUT2D eigenvalue weighted by atomic mass is 10.1. The fourth-order valence-corrected chi connectivity index (χ4v) is 3.72. The number of carbonyl (C=O) groups excluding carboxylic acids is 1. The second-order valence-corrected chi connectivity index (χ2v) is 7.48. The van der Waals surface area contributed by atoms with Crippen LogP contribution in [0.5, 0.6) is 11.5 Å². The van der Waals surface area contributed by atoms with Crippen LogP contribution in [0.2, 0.25) is 0 Å². The maximum absolute atomic E-state index is 12.0. The standard InChI is InChI=1S/C24H32N4O3.HI/c1-25-24(26-13-12-18-10-11-21(30-2)22(15-18)31-3)27-16-19-7-4-5-8-20(19)17-28-14-6-9-23(28)29;/h4-5,7-8,10-11,15H,6,9,12-14,16-17H2,1-3H3,(H2,25,26,27);1H. The molecule has 2 N–H and O–H groups in total. The lowest BCUT2D eigenvalue weighted by molar-refractivity contribution is -0.128. The van der Waals surface area contributed by atoms with Gasteiger partial charge in [-0.25, -0.2) is 0 Å². The number of methoxy groups -OCH3 is 2. The number of nitrogens with zero attached hydrogens (tertiary/aromatic N) is 2. The van der Waals surface area contributed by atoms with Crippen molar-refractivity contribution in [3.8, 4) is 11.5 Å². The van der Waals surface area contributed by atoms with Crippen LogP contribution < -0.4 is 20.1 Å². The summed E-state index contributed by atoms with van der Waals surface area (Å²) in [5.74, 6) is 2.45. The van der Waals surface area contributed by atoms with Gasteiger partial charge >= 0.3 is 0 Å². The molecule has 174 valence electrons. The summed E-state index contributed by atoms with van der Waals surface area (Å²) in [5, 5.41) is 6.74. The van der Waals surface area contributed by atoms with Crippen molar-refractivity contribution in [1.82, 2.24) is 15.5 Å². The van der Waals surface area contributed by atoms with E-state index in [0.717, 1.165) is 49.0 Å². The average Bonchev–Trinajstić information content (AvgIpc) is 3.21. The molecule has 0 saturated carbocycles. The third-order valence-electron chi connectivity index (χ3n) is 5.47. The lowest BCUT2D eigenvalue weighted by Crippen LogP contribution is -2.38. The Kier molecular flexibility index (Phi) is 10.6. The van der Waals surface area contributed by atoms with Crippen molar-refractivity contribution >= 4 is 35.8 Å². The quantitative estimate of drug-likeness (QED) is 0.284. The lowest BCUT2D eigenvalue weighted by Gasteiger charge is -2.19. The number of guanidine groups is 1. The van der Waals surface area contributed by atoms with E-state index in [1.54, 1.807) is 21.3 Å². The van der Waals surface area contributed by atoms with Gasteiger partial charge in [0.25, 0.3) is 0 Å². The van der Waals surface area contributed by atoms with Crippen LogP contribution >= 0.6 is 24.0 Å². The maximum Gasteiger partial charge on any atom is 0.222 e. The van der Waals surface area contributed by atoms with E-state index in [9.17, 15) is 4.79 Å². The van der Waals surface area contributed by atoms with Gasteiger partial charge in [0.2, 0.25) is 5.91 Å². The van der Waals surface area contributed by atoms with Gasteiger partial charge in [-0.05, 0) is 41.7 Å². The summed E-state index contributed by atoms with van der Waals surface area (Å²) in [5.41, 5.74) is 3.50. The highest BCUT2D eigenvalue weighted by atomic mass is 127. The van der Waals surface area contributed by atoms with Crippen molar-refractivity contribution in [2.45, 2.75) is 32.4 Å². The van der Waals surface area contributed by atoms with Gasteiger partial charge in [-0.15, -0.1) is 24.0 Å². The molecule has 3 rings (SSSR count). The molecule has 0 aliphatic carbocycles. The van der Waals surface area contributed by atoms with Crippen LogP contribution in [0.25, 0.3) is 0 Å². The summed E-state index contributed by atoms with van der Waals surface area (Å²) < 4.78 is 10.7. The summed E-state index contributed by atoms with van der Waals surface area (Å²) in [6, 6.07) is 14.2. The van der Waals surface area contributed by atoms with Gasteiger partial charge in [0.05, 0.1) is 14.2 Å². The molecular weight excluding hydrogens is 519 g/mol. The van der Waals surface area contributed by atoms with Gasteiger partial charge in [0.15, 0.2) is 17.5 Å². The minimum atomic E-state index is 0. The number of ether oxygens (including phenoxy) is 2. The molecule has 0 aromatic heterocycles. The Hall–Kier alpha value is -2.49. The van der Waals surface area contributed by atoms with Gasteiger partial charge in [-0.3, -0.25) is 9.79 Å². The predicted molar refractivity (Wildman–Crippen MR) is 138 cm³/mol. The van der Waals surface area contributed by atoms with Crippen molar-refractivity contribution in [2.75, 3.05) is 34.4 Å².